The Morgan fingerprint density at radius 3 is 2.58 bits per heavy atom. The molecule has 0 unspecified atom stereocenters. The Morgan fingerprint density at radius 1 is 1.50 bits per heavy atom. The number of nitrogens with zero attached hydrogens (tertiary/aromatic N) is 2. The van der Waals surface area contributed by atoms with Crippen molar-refractivity contribution in [3.8, 4) is 6.07 Å². The van der Waals surface area contributed by atoms with E-state index in [2.05, 4.69) is 17.6 Å². The molecule has 0 saturated heterocycles. The Morgan fingerprint density at radius 2 is 2.17 bits per heavy atom. The molecule has 1 heterocycles. The van der Waals surface area contributed by atoms with Crippen molar-refractivity contribution >= 4 is 0 Å². The molecule has 0 amide bonds. The van der Waals surface area contributed by atoms with Gasteiger partial charge >= 0.3 is 0 Å². The molecule has 62 valence electrons. The monoisotopic (exact) mass is 160 g/mol. The molecule has 0 radical (unpaired) electrons. The minimum Gasteiger partial charge on any atom is -0.345 e. The molecule has 1 aliphatic rings. The summed E-state index contributed by atoms with van der Waals surface area (Å²) < 4.78 is 2.29. The Bertz CT molecular complexity index is 351. The quantitative estimate of drug-likeness (QED) is 0.619. The van der Waals surface area contributed by atoms with Crippen molar-refractivity contribution in [3.63, 3.8) is 0 Å². The van der Waals surface area contributed by atoms with Gasteiger partial charge in [0.05, 0.1) is 5.56 Å². The summed E-state index contributed by atoms with van der Waals surface area (Å²) in [5.41, 5.74) is 3.20. The molecule has 12 heavy (non-hydrogen) atoms. The third-order valence-electron chi connectivity index (χ3n) is 2.52. The highest BCUT2D eigenvalue weighted by Crippen LogP contribution is 2.38. The number of aryl methyl sites for hydroxylation is 1. The number of nitriles is 1. The largest absolute Gasteiger partial charge is 0.345 e. The van der Waals surface area contributed by atoms with Gasteiger partial charge in [0.15, 0.2) is 0 Å². The molecule has 0 aliphatic heterocycles. The van der Waals surface area contributed by atoms with Gasteiger partial charge in [-0.25, -0.2) is 0 Å². The van der Waals surface area contributed by atoms with Gasteiger partial charge < -0.3 is 4.57 Å². The summed E-state index contributed by atoms with van der Waals surface area (Å²) in [6, 6.07) is 4.89. The van der Waals surface area contributed by atoms with Crippen molar-refractivity contribution in [2.75, 3.05) is 0 Å². The zero-order valence-electron chi connectivity index (χ0n) is 7.46. The van der Waals surface area contributed by atoms with Crippen LogP contribution in [0.25, 0.3) is 0 Å². The summed E-state index contributed by atoms with van der Waals surface area (Å²) in [6.45, 7) is 4.11. The lowest BCUT2D eigenvalue weighted by Crippen LogP contribution is -1.98. The molecule has 2 rings (SSSR count). The van der Waals surface area contributed by atoms with Crippen molar-refractivity contribution in [1.29, 1.82) is 5.26 Å². The van der Waals surface area contributed by atoms with Crippen LogP contribution in [0.3, 0.4) is 0 Å². The zero-order valence-corrected chi connectivity index (χ0v) is 7.46. The molecule has 1 aromatic heterocycles. The van der Waals surface area contributed by atoms with Crippen LogP contribution in [0.1, 0.15) is 35.8 Å². The van der Waals surface area contributed by atoms with Crippen LogP contribution in [-0.4, -0.2) is 4.57 Å². The molecular formula is C10H12N2. The van der Waals surface area contributed by atoms with Gasteiger partial charge in [-0.1, -0.05) is 0 Å². The second kappa shape index (κ2) is 2.38. The average molecular weight is 160 g/mol. The Labute approximate surface area is 72.4 Å². The fourth-order valence-electron chi connectivity index (χ4n) is 1.78. The highest BCUT2D eigenvalue weighted by Gasteiger charge is 2.26. The predicted octanol–water partition coefficient (Wildman–Crippen LogP) is 2.31. The molecule has 0 spiro atoms. The summed E-state index contributed by atoms with van der Waals surface area (Å²) in [5, 5.41) is 8.80. The normalized spacial score (nSPS) is 16.1. The van der Waals surface area contributed by atoms with Crippen molar-refractivity contribution < 1.29 is 0 Å². The first-order valence-electron chi connectivity index (χ1n) is 4.32. The lowest BCUT2D eigenvalue weighted by atomic mass is 10.3. The summed E-state index contributed by atoms with van der Waals surface area (Å²) >= 11 is 0. The van der Waals surface area contributed by atoms with Crippen LogP contribution in [0.2, 0.25) is 0 Å². The van der Waals surface area contributed by atoms with E-state index < -0.39 is 0 Å². The Balaban J connectivity index is 2.53. The number of rotatable bonds is 1. The van der Waals surface area contributed by atoms with Crippen LogP contribution in [0, 0.1) is 25.2 Å². The van der Waals surface area contributed by atoms with E-state index >= 15 is 0 Å². The first-order valence-corrected chi connectivity index (χ1v) is 4.32. The van der Waals surface area contributed by atoms with E-state index in [0.717, 1.165) is 11.3 Å². The van der Waals surface area contributed by atoms with Crippen molar-refractivity contribution in [1.82, 2.24) is 4.57 Å². The van der Waals surface area contributed by atoms with Crippen LogP contribution in [0.15, 0.2) is 6.07 Å². The van der Waals surface area contributed by atoms with Gasteiger partial charge in [-0.2, -0.15) is 5.26 Å². The van der Waals surface area contributed by atoms with Gasteiger partial charge in [0, 0.05) is 17.4 Å². The van der Waals surface area contributed by atoms with E-state index in [1.165, 1.54) is 18.5 Å². The van der Waals surface area contributed by atoms with Gasteiger partial charge in [-0.15, -0.1) is 0 Å². The third kappa shape index (κ3) is 0.937. The molecule has 1 aliphatic carbocycles. The van der Waals surface area contributed by atoms with Gasteiger partial charge in [-0.3, -0.25) is 0 Å². The summed E-state index contributed by atoms with van der Waals surface area (Å²) in [7, 11) is 0. The first-order chi connectivity index (χ1) is 5.74. The zero-order chi connectivity index (χ0) is 8.72. The minimum atomic E-state index is 0.687. The lowest BCUT2D eigenvalue weighted by molar-refractivity contribution is 0.699. The molecular weight excluding hydrogens is 148 g/mol. The standard InChI is InChI=1S/C10H12N2/c1-7-5-9(6-11)8(2)12(7)10-3-4-10/h5,10H,3-4H2,1-2H3. The van der Waals surface area contributed by atoms with Crippen LogP contribution < -0.4 is 0 Å². The molecule has 2 heteroatoms. The van der Waals surface area contributed by atoms with Crippen LogP contribution in [-0.2, 0) is 0 Å². The number of aromatic nitrogens is 1. The van der Waals surface area contributed by atoms with Crippen molar-refractivity contribution in [3.05, 3.63) is 23.0 Å². The van der Waals surface area contributed by atoms with Gasteiger partial charge in [0.2, 0.25) is 0 Å². The lowest BCUT2D eigenvalue weighted by Gasteiger charge is -2.05. The molecule has 1 fully saturated rings. The summed E-state index contributed by atoms with van der Waals surface area (Å²) in [5.74, 6) is 0. The molecule has 0 N–H and O–H groups in total. The molecule has 0 bridgehead atoms. The topological polar surface area (TPSA) is 28.7 Å². The fourth-order valence-corrected chi connectivity index (χ4v) is 1.78. The molecule has 1 aromatic rings. The maximum absolute atomic E-state index is 8.80. The predicted molar refractivity (Wildman–Crippen MR) is 46.9 cm³/mol. The van der Waals surface area contributed by atoms with E-state index in [0.29, 0.717) is 6.04 Å². The Kier molecular flexibility index (Phi) is 1.47. The first kappa shape index (κ1) is 7.42. The number of hydrogen-bond acceptors (Lipinski definition) is 1. The van der Waals surface area contributed by atoms with E-state index in [-0.39, 0.29) is 0 Å². The van der Waals surface area contributed by atoms with Crippen LogP contribution >= 0.6 is 0 Å². The van der Waals surface area contributed by atoms with E-state index in [1.807, 2.05) is 13.0 Å². The van der Waals surface area contributed by atoms with Gasteiger partial charge in [0.25, 0.3) is 0 Å². The summed E-state index contributed by atoms with van der Waals surface area (Å²) in [6.07, 6.45) is 2.56. The molecule has 0 aromatic carbocycles. The maximum Gasteiger partial charge on any atom is 0.101 e. The second-order valence-corrected chi connectivity index (χ2v) is 3.50. The minimum absolute atomic E-state index is 0.687. The third-order valence-corrected chi connectivity index (χ3v) is 2.52. The van der Waals surface area contributed by atoms with E-state index in [1.54, 1.807) is 0 Å². The average Bonchev–Trinajstić information content (AvgIpc) is 2.80. The van der Waals surface area contributed by atoms with Crippen LogP contribution in [0.5, 0.6) is 0 Å². The fraction of sp³-hybridized carbons (Fsp3) is 0.500. The highest BCUT2D eigenvalue weighted by molar-refractivity contribution is 5.38. The van der Waals surface area contributed by atoms with E-state index in [4.69, 9.17) is 5.26 Å². The molecule has 2 nitrogen and oxygen atoms in total. The second-order valence-electron chi connectivity index (χ2n) is 3.50. The van der Waals surface area contributed by atoms with E-state index in [9.17, 15) is 0 Å². The highest BCUT2D eigenvalue weighted by atomic mass is 15.1. The maximum atomic E-state index is 8.80. The smallest absolute Gasteiger partial charge is 0.101 e. The van der Waals surface area contributed by atoms with Gasteiger partial charge in [-0.05, 0) is 32.8 Å². The SMILES string of the molecule is Cc1cc(C#N)c(C)n1C1CC1. The Hall–Kier alpha value is -1.23. The van der Waals surface area contributed by atoms with Crippen molar-refractivity contribution in [2.45, 2.75) is 32.7 Å². The molecule has 0 atom stereocenters. The number of hydrogen-bond donors (Lipinski definition) is 0. The van der Waals surface area contributed by atoms with Crippen LogP contribution in [0.4, 0.5) is 0 Å². The van der Waals surface area contributed by atoms with Gasteiger partial charge in [0.1, 0.15) is 6.07 Å². The van der Waals surface area contributed by atoms with Crippen molar-refractivity contribution in [2.24, 2.45) is 0 Å². The summed E-state index contributed by atoms with van der Waals surface area (Å²) in [4.78, 5) is 0. The molecule has 1 saturated carbocycles.